The molecule has 0 unspecified atom stereocenters. The van der Waals surface area contributed by atoms with Crippen LogP contribution < -0.4 is 5.32 Å². The lowest BCUT2D eigenvalue weighted by atomic mass is 10.1. The fraction of sp³-hybridized carbons (Fsp3) is 0.538. The van der Waals surface area contributed by atoms with E-state index in [9.17, 15) is 9.59 Å². The van der Waals surface area contributed by atoms with Crippen LogP contribution in [0.1, 0.15) is 19.8 Å². The third kappa shape index (κ3) is 4.54. The first kappa shape index (κ1) is 14.4. The van der Waals surface area contributed by atoms with Gasteiger partial charge in [0, 0.05) is 26.1 Å². The summed E-state index contributed by atoms with van der Waals surface area (Å²) in [5, 5.41) is 5.06. The van der Waals surface area contributed by atoms with Gasteiger partial charge in [0.05, 0.1) is 9.96 Å². The Balaban J connectivity index is 1.67. The van der Waals surface area contributed by atoms with E-state index in [1.54, 1.807) is 30.0 Å². The summed E-state index contributed by atoms with van der Waals surface area (Å²) in [6.07, 6.45) is 1.71. The van der Waals surface area contributed by atoms with Crippen molar-refractivity contribution in [3.8, 4) is 0 Å². The molecule has 0 radical (unpaired) electrons. The summed E-state index contributed by atoms with van der Waals surface area (Å²) < 4.78 is 1.17. The molecule has 6 heteroatoms. The summed E-state index contributed by atoms with van der Waals surface area (Å²) in [7, 11) is 0. The van der Waals surface area contributed by atoms with E-state index in [0.717, 1.165) is 25.9 Å². The van der Waals surface area contributed by atoms with Gasteiger partial charge in [0.15, 0.2) is 0 Å². The number of amides is 2. The largest absolute Gasteiger partial charge is 0.353 e. The van der Waals surface area contributed by atoms with Gasteiger partial charge >= 0.3 is 0 Å². The Labute approximate surface area is 121 Å². The monoisotopic (exact) mass is 298 g/mol. The van der Waals surface area contributed by atoms with Gasteiger partial charge in [-0.1, -0.05) is 6.07 Å². The number of thiophene rings is 1. The number of hydrogen-bond acceptors (Lipinski definition) is 4. The van der Waals surface area contributed by atoms with Crippen LogP contribution in [0.4, 0.5) is 0 Å². The summed E-state index contributed by atoms with van der Waals surface area (Å²) in [6.45, 7) is 3.09. The highest BCUT2D eigenvalue weighted by atomic mass is 32.2. The van der Waals surface area contributed by atoms with Crippen molar-refractivity contribution in [2.45, 2.75) is 30.0 Å². The van der Waals surface area contributed by atoms with Crippen LogP contribution in [0.25, 0.3) is 0 Å². The molecule has 0 atom stereocenters. The van der Waals surface area contributed by atoms with E-state index in [1.165, 1.54) is 4.21 Å². The standard InChI is InChI=1S/C13H18N2O2S2/c1-10(16)15-6-4-11(5-7-15)14-12(17)9-19-13-3-2-8-18-13/h2-3,8,11H,4-7,9H2,1H3,(H,14,17). The number of nitrogens with one attached hydrogen (secondary N) is 1. The summed E-state index contributed by atoms with van der Waals surface area (Å²) in [6, 6.07) is 4.23. The fourth-order valence-electron chi connectivity index (χ4n) is 2.09. The number of hydrogen-bond donors (Lipinski definition) is 1. The molecule has 0 spiro atoms. The van der Waals surface area contributed by atoms with Crippen molar-refractivity contribution in [2.24, 2.45) is 0 Å². The van der Waals surface area contributed by atoms with Crippen molar-refractivity contribution in [1.29, 1.82) is 0 Å². The van der Waals surface area contributed by atoms with Crippen molar-refractivity contribution >= 4 is 34.9 Å². The van der Waals surface area contributed by atoms with Crippen molar-refractivity contribution in [3.05, 3.63) is 17.5 Å². The van der Waals surface area contributed by atoms with Crippen LogP contribution in [0.5, 0.6) is 0 Å². The van der Waals surface area contributed by atoms with Gasteiger partial charge in [-0.3, -0.25) is 9.59 Å². The predicted octanol–water partition coefficient (Wildman–Crippen LogP) is 1.97. The van der Waals surface area contributed by atoms with Gasteiger partial charge in [-0.05, 0) is 24.3 Å². The summed E-state index contributed by atoms with van der Waals surface area (Å²) in [4.78, 5) is 24.8. The van der Waals surface area contributed by atoms with Gasteiger partial charge < -0.3 is 10.2 Å². The lowest BCUT2D eigenvalue weighted by Gasteiger charge is -2.31. The molecule has 0 bridgehead atoms. The molecular weight excluding hydrogens is 280 g/mol. The van der Waals surface area contributed by atoms with E-state index < -0.39 is 0 Å². The van der Waals surface area contributed by atoms with Crippen LogP contribution >= 0.6 is 23.1 Å². The highest BCUT2D eigenvalue weighted by Gasteiger charge is 2.21. The first-order valence-electron chi connectivity index (χ1n) is 6.36. The minimum atomic E-state index is 0.0830. The number of rotatable bonds is 4. The third-order valence-electron chi connectivity index (χ3n) is 3.15. The number of likely N-dealkylation sites (tertiary alicyclic amines) is 1. The Kier molecular flexibility index (Phi) is 5.27. The minimum Gasteiger partial charge on any atom is -0.353 e. The molecule has 2 heterocycles. The van der Waals surface area contributed by atoms with Crippen LogP contribution in [0, 0.1) is 0 Å². The number of carbonyl (C=O) groups excluding carboxylic acids is 2. The van der Waals surface area contributed by atoms with Crippen LogP contribution in [0.15, 0.2) is 21.7 Å². The second-order valence-corrected chi connectivity index (χ2v) is 6.79. The Morgan fingerprint density at radius 3 is 2.79 bits per heavy atom. The van der Waals surface area contributed by atoms with Crippen molar-refractivity contribution in [2.75, 3.05) is 18.8 Å². The SMILES string of the molecule is CC(=O)N1CCC(NC(=O)CSc2cccs2)CC1. The maximum atomic E-state index is 11.8. The van der Waals surface area contributed by atoms with Crippen LogP contribution in [0.2, 0.25) is 0 Å². The van der Waals surface area contributed by atoms with Gasteiger partial charge in [0.1, 0.15) is 0 Å². The zero-order chi connectivity index (χ0) is 13.7. The van der Waals surface area contributed by atoms with Crippen LogP contribution in [0.3, 0.4) is 0 Å². The average Bonchev–Trinajstić information content (AvgIpc) is 2.90. The molecule has 2 rings (SSSR count). The van der Waals surface area contributed by atoms with Gasteiger partial charge in [-0.2, -0.15) is 0 Å². The van der Waals surface area contributed by atoms with Gasteiger partial charge in [-0.15, -0.1) is 23.1 Å². The number of nitrogens with zero attached hydrogens (tertiary/aromatic N) is 1. The smallest absolute Gasteiger partial charge is 0.230 e. The van der Waals surface area contributed by atoms with E-state index in [1.807, 2.05) is 22.4 Å². The average molecular weight is 298 g/mol. The molecule has 1 saturated heterocycles. The Bertz CT molecular complexity index is 426. The van der Waals surface area contributed by atoms with E-state index in [4.69, 9.17) is 0 Å². The molecule has 1 aliphatic rings. The Morgan fingerprint density at radius 1 is 1.47 bits per heavy atom. The van der Waals surface area contributed by atoms with E-state index >= 15 is 0 Å². The molecule has 4 nitrogen and oxygen atoms in total. The molecule has 1 N–H and O–H groups in total. The second kappa shape index (κ2) is 6.96. The third-order valence-corrected chi connectivity index (χ3v) is 5.28. The van der Waals surface area contributed by atoms with Gasteiger partial charge in [-0.25, -0.2) is 0 Å². The summed E-state index contributed by atoms with van der Waals surface area (Å²) in [5.41, 5.74) is 0. The van der Waals surface area contributed by atoms with Crippen LogP contribution in [-0.2, 0) is 9.59 Å². The molecule has 1 fully saturated rings. The first-order chi connectivity index (χ1) is 9.15. The molecule has 1 aromatic heterocycles. The van der Waals surface area contributed by atoms with Crippen molar-refractivity contribution in [1.82, 2.24) is 10.2 Å². The maximum Gasteiger partial charge on any atom is 0.230 e. The van der Waals surface area contributed by atoms with Crippen LogP contribution in [-0.4, -0.2) is 41.6 Å². The molecule has 19 heavy (non-hydrogen) atoms. The fourth-order valence-corrected chi connectivity index (χ4v) is 3.69. The molecule has 2 amide bonds. The number of thioether (sulfide) groups is 1. The Hall–Kier alpha value is -1.01. The molecule has 0 aromatic carbocycles. The zero-order valence-corrected chi connectivity index (χ0v) is 12.6. The highest BCUT2D eigenvalue weighted by Crippen LogP contribution is 2.23. The highest BCUT2D eigenvalue weighted by molar-refractivity contribution is 8.01. The van der Waals surface area contributed by atoms with Gasteiger partial charge in [0.2, 0.25) is 11.8 Å². The zero-order valence-electron chi connectivity index (χ0n) is 10.9. The normalized spacial score (nSPS) is 16.4. The molecule has 104 valence electrons. The number of piperidine rings is 1. The first-order valence-corrected chi connectivity index (χ1v) is 8.23. The summed E-state index contributed by atoms with van der Waals surface area (Å²) in [5.74, 6) is 0.672. The Morgan fingerprint density at radius 2 is 2.21 bits per heavy atom. The number of carbonyl (C=O) groups is 2. The lowest BCUT2D eigenvalue weighted by Crippen LogP contribution is -2.46. The minimum absolute atomic E-state index is 0.0830. The predicted molar refractivity (Wildman–Crippen MR) is 78.5 cm³/mol. The lowest BCUT2D eigenvalue weighted by molar-refractivity contribution is -0.130. The van der Waals surface area contributed by atoms with Gasteiger partial charge in [0.25, 0.3) is 0 Å². The molecule has 1 aliphatic heterocycles. The van der Waals surface area contributed by atoms with E-state index in [2.05, 4.69) is 5.32 Å². The molecule has 0 saturated carbocycles. The van der Waals surface area contributed by atoms with E-state index in [-0.39, 0.29) is 17.9 Å². The molecule has 1 aromatic rings. The summed E-state index contributed by atoms with van der Waals surface area (Å²) >= 11 is 3.22. The van der Waals surface area contributed by atoms with Crippen molar-refractivity contribution in [3.63, 3.8) is 0 Å². The van der Waals surface area contributed by atoms with E-state index in [0.29, 0.717) is 5.75 Å². The van der Waals surface area contributed by atoms with Crippen molar-refractivity contribution < 1.29 is 9.59 Å². The second-order valence-electron chi connectivity index (χ2n) is 4.57. The molecule has 0 aliphatic carbocycles. The topological polar surface area (TPSA) is 49.4 Å². The quantitative estimate of drug-likeness (QED) is 0.865. The maximum absolute atomic E-state index is 11.8. The molecular formula is C13H18N2O2S2.